The molecule has 4 nitrogen and oxygen atoms in total. The first-order chi connectivity index (χ1) is 4.81. The molecule has 0 saturated heterocycles. The van der Waals surface area contributed by atoms with Crippen LogP contribution in [0.2, 0.25) is 6.55 Å². The molecule has 0 aliphatic carbocycles. The number of methoxy groups -OCH3 is 2. The Morgan fingerprint density at radius 1 is 1.00 bits per heavy atom. The second-order valence-corrected chi connectivity index (χ2v) is 3.52. The lowest BCUT2D eigenvalue weighted by Gasteiger charge is -2.10. The molecule has 0 bridgehead atoms. The SMILES string of the molecule is COCO[SiH](C)OCOC. The molecule has 5 heteroatoms. The van der Waals surface area contributed by atoms with Gasteiger partial charge in [-0.05, 0) is 6.55 Å². The molecule has 0 N–H and O–H groups in total. The second-order valence-electron chi connectivity index (χ2n) is 1.71. The zero-order valence-corrected chi connectivity index (χ0v) is 7.78. The van der Waals surface area contributed by atoms with Gasteiger partial charge in [0.05, 0.1) is 0 Å². The maximum atomic E-state index is 5.11. The number of hydrogen-bond acceptors (Lipinski definition) is 4. The summed E-state index contributed by atoms with van der Waals surface area (Å²) in [6.07, 6.45) is 0. The molecule has 0 radical (unpaired) electrons. The van der Waals surface area contributed by atoms with Crippen molar-refractivity contribution in [3.05, 3.63) is 0 Å². The van der Waals surface area contributed by atoms with E-state index in [-0.39, 0.29) is 0 Å². The fourth-order valence-corrected chi connectivity index (χ4v) is 1.13. The topological polar surface area (TPSA) is 36.9 Å². The third-order valence-electron chi connectivity index (χ3n) is 0.841. The largest absolute Gasteiger partial charge is 0.373 e. The van der Waals surface area contributed by atoms with Crippen LogP contribution in [0, 0.1) is 0 Å². The van der Waals surface area contributed by atoms with Crippen LogP contribution in [0.15, 0.2) is 0 Å². The van der Waals surface area contributed by atoms with E-state index in [1.165, 1.54) is 0 Å². The summed E-state index contributed by atoms with van der Waals surface area (Å²) >= 11 is 0. The highest BCUT2D eigenvalue weighted by molar-refractivity contribution is 6.42. The standard InChI is InChI=1S/C5H14O4Si/c1-6-4-8-10(3)9-5-7-2/h10H,4-5H2,1-3H3. The Balaban J connectivity index is 3.00. The van der Waals surface area contributed by atoms with Crippen LogP contribution in [0.4, 0.5) is 0 Å². The third-order valence-corrected chi connectivity index (χ3v) is 2.05. The maximum absolute atomic E-state index is 5.11. The van der Waals surface area contributed by atoms with Crippen molar-refractivity contribution in [2.45, 2.75) is 6.55 Å². The monoisotopic (exact) mass is 166 g/mol. The minimum Gasteiger partial charge on any atom is -0.373 e. The molecule has 0 spiro atoms. The highest BCUT2D eigenvalue weighted by atomic mass is 28.3. The van der Waals surface area contributed by atoms with Crippen LogP contribution in [0.25, 0.3) is 0 Å². The quantitative estimate of drug-likeness (QED) is 0.413. The highest BCUT2D eigenvalue weighted by Gasteiger charge is 2.03. The lowest BCUT2D eigenvalue weighted by Crippen LogP contribution is -2.20. The summed E-state index contributed by atoms with van der Waals surface area (Å²) in [5.74, 6) is 0. The van der Waals surface area contributed by atoms with E-state index >= 15 is 0 Å². The van der Waals surface area contributed by atoms with Crippen molar-refractivity contribution in [3.8, 4) is 0 Å². The Hall–Kier alpha value is 0.0569. The van der Waals surface area contributed by atoms with E-state index in [0.29, 0.717) is 13.6 Å². The summed E-state index contributed by atoms with van der Waals surface area (Å²) in [5, 5.41) is 0. The molecule has 62 valence electrons. The van der Waals surface area contributed by atoms with Gasteiger partial charge in [0.15, 0.2) is 0 Å². The average Bonchev–Trinajstić information content (AvgIpc) is 1.97. The predicted octanol–water partition coefficient (Wildman–Crippen LogP) is 0.0777. The molecular weight excluding hydrogens is 152 g/mol. The Morgan fingerprint density at radius 3 is 1.70 bits per heavy atom. The lowest BCUT2D eigenvalue weighted by atomic mass is 11.4. The molecule has 0 saturated carbocycles. The molecule has 0 aromatic heterocycles. The van der Waals surface area contributed by atoms with Gasteiger partial charge in [0.25, 0.3) is 0 Å². The van der Waals surface area contributed by atoms with E-state index in [1.807, 2.05) is 6.55 Å². The summed E-state index contributed by atoms with van der Waals surface area (Å²) in [5.41, 5.74) is 0. The average molecular weight is 166 g/mol. The molecule has 0 amide bonds. The molecule has 0 aromatic rings. The number of ether oxygens (including phenoxy) is 2. The van der Waals surface area contributed by atoms with Gasteiger partial charge < -0.3 is 18.3 Å². The zero-order chi connectivity index (χ0) is 7.82. The fourth-order valence-electron chi connectivity index (χ4n) is 0.376. The van der Waals surface area contributed by atoms with Crippen LogP contribution in [0.3, 0.4) is 0 Å². The van der Waals surface area contributed by atoms with E-state index in [9.17, 15) is 0 Å². The van der Waals surface area contributed by atoms with E-state index < -0.39 is 9.28 Å². The van der Waals surface area contributed by atoms with Crippen LogP contribution in [0.5, 0.6) is 0 Å². The van der Waals surface area contributed by atoms with Crippen LogP contribution >= 0.6 is 0 Å². The van der Waals surface area contributed by atoms with Gasteiger partial charge in [-0.15, -0.1) is 0 Å². The van der Waals surface area contributed by atoms with Crippen LogP contribution in [-0.4, -0.2) is 37.1 Å². The summed E-state index contributed by atoms with van der Waals surface area (Å²) in [6.45, 7) is 2.52. The van der Waals surface area contributed by atoms with Crippen molar-refractivity contribution in [3.63, 3.8) is 0 Å². The normalized spacial score (nSPS) is 10.8. The molecule has 0 aliphatic heterocycles. The van der Waals surface area contributed by atoms with Crippen molar-refractivity contribution < 1.29 is 18.3 Å². The van der Waals surface area contributed by atoms with Crippen molar-refractivity contribution in [2.75, 3.05) is 27.8 Å². The molecule has 0 unspecified atom stereocenters. The van der Waals surface area contributed by atoms with Crippen molar-refractivity contribution >= 4 is 9.28 Å². The zero-order valence-electron chi connectivity index (χ0n) is 6.62. The molecule has 0 aromatic carbocycles. The van der Waals surface area contributed by atoms with Gasteiger partial charge in [-0.2, -0.15) is 0 Å². The first-order valence-corrected chi connectivity index (χ1v) is 5.12. The first-order valence-electron chi connectivity index (χ1n) is 3.02. The van der Waals surface area contributed by atoms with E-state index in [0.717, 1.165) is 0 Å². The number of rotatable bonds is 6. The number of hydrogen-bond donors (Lipinski definition) is 0. The summed E-state index contributed by atoms with van der Waals surface area (Å²) in [6, 6.07) is 0. The molecule has 0 aliphatic rings. The summed E-state index contributed by atoms with van der Waals surface area (Å²) in [7, 11) is 1.67. The minimum absolute atomic E-state index is 0.303. The van der Waals surface area contributed by atoms with Gasteiger partial charge in [0.1, 0.15) is 13.6 Å². The van der Waals surface area contributed by atoms with Crippen molar-refractivity contribution in [1.82, 2.24) is 0 Å². The Bertz CT molecular complexity index is 62.7. The van der Waals surface area contributed by atoms with Gasteiger partial charge in [-0.25, -0.2) is 0 Å². The molecule has 0 heterocycles. The first kappa shape index (κ1) is 10.1. The van der Waals surface area contributed by atoms with Gasteiger partial charge in [0, 0.05) is 14.2 Å². The Labute approximate surface area is 62.9 Å². The van der Waals surface area contributed by atoms with Crippen molar-refractivity contribution in [1.29, 1.82) is 0 Å². The molecule has 0 fully saturated rings. The molecular formula is C5H14O4Si. The minimum atomic E-state index is -1.49. The van der Waals surface area contributed by atoms with Gasteiger partial charge in [0.2, 0.25) is 0 Å². The Morgan fingerprint density at radius 2 is 1.40 bits per heavy atom. The third kappa shape index (κ3) is 6.18. The highest BCUT2D eigenvalue weighted by Crippen LogP contribution is 1.87. The molecule has 10 heavy (non-hydrogen) atoms. The van der Waals surface area contributed by atoms with E-state index in [1.54, 1.807) is 14.2 Å². The molecule has 0 atom stereocenters. The summed E-state index contributed by atoms with van der Waals surface area (Å²) in [4.78, 5) is 0. The van der Waals surface area contributed by atoms with Crippen LogP contribution in [-0.2, 0) is 18.3 Å². The fraction of sp³-hybridized carbons (Fsp3) is 1.00. The lowest BCUT2D eigenvalue weighted by molar-refractivity contribution is -0.00543. The van der Waals surface area contributed by atoms with Gasteiger partial charge in [-0.1, -0.05) is 0 Å². The Kier molecular flexibility index (Phi) is 7.21. The summed E-state index contributed by atoms with van der Waals surface area (Å²) < 4.78 is 19.6. The van der Waals surface area contributed by atoms with Crippen LogP contribution < -0.4 is 0 Å². The van der Waals surface area contributed by atoms with E-state index in [4.69, 9.17) is 8.85 Å². The predicted molar refractivity (Wildman–Crippen MR) is 38.9 cm³/mol. The second kappa shape index (κ2) is 7.17. The smallest absolute Gasteiger partial charge is 0.321 e. The van der Waals surface area contributed by atoms with Crippen LogP contribution in [0.1, 0.15) is 0 Å². The molecule has 0 rings (SSSR count). The van der Waals surface area contributed by atoms with Gasteiger partial charge in [-0.3, -0.25) is 0 Å². The van der Waals surface area contributed by atoms with Crippen molar-refractivity contribution in [2.24, 2.45) is 0 Å². The van der Waals surface area contributed by atoms with Gasteiger partial charge >= 0.3 is 9.28 Å². The van der Waals surface area contributed by atoms with E-state index in [2.05, 4.69) is 9.47 Å². The maximum Gasteiger partial charge on any atom is 0.321 e.